The largest absolute Gasteiger partial charge is 0.380 e. The van der Waals surface area contributed by atoms with E-state index in [9.17, 15) is 0 Å². The molecule has 2 aromatic rings. The van der Waals surface area contributed by atoms with Gasteiger partial charge in [-0.15, -0.1) is 0 Å². The zero-order valence-electron chi connectivity index (χ0n) is 12.3. The van der Waals surface area contributed by atoms with Gasteiger partial charge in [-0.3, -0.25) is 0 Å². The number of nitrogens with one attached hydrogen (secondary N) is 1. The number of nitrogens with zero attached hydrogens (tertiary/aromatic N) is 2. The van der Waals surface area contributed by atoms with E-state index in [2.05, 4.69) is 53.0 Å². The summed E-state index contributed by atoms with van der Waals surface area (Å²) in [6, 6.07) is 9.02. The number of aromatic nitrogens is 2. The van der Waals surface area contributed by atoms with Crippen molar-refractivity contribution in [3.63, 3.8) is 0 Å². The molecule has 3 rings (SSSR count). The van der Waals surface area contributed by atoms with E-state index >= 15 is 0 Å². The first-order valence-electron chi connectivity index (χ1n) is 7.51. The van der Waals surface area contributed by atoms with Crippen molar-refractivity contribution in [1.29, 1.82) is 0 Å². The van der Waals surface area contributed by atoms with E-state index in [0.29, 0.717) is 11.5 Å². The summed E-state index contributed by atoms with van der Waals surface area (Å²) in [4.78, 5) is 4.15. The average molecular weight is 269 g/mol. The van der Waals surface area contributed by atoms with Gasteiger partial charge in [0.1, 0.15) is 0 Å². The maximum absolute atomic E-state index is 4.15. The first-order chi connectivity index (χ1) is 9.67. The molecular weight excluding hydrogens is 246 g/mol. The van der Waals surface area contributed by atoms with Crippen molar-refractivity contribution < 1.29 is 0 Å². The Morgan fingerprint density at radius 1 is 1.25 bits per heavy atom. The van der Waals surface area contributed by atoms with Gasteiger partial charge in [0.15, 0.2) is 0 Å². The van der Waals surface area contributed by atoms with Gasteiger partial charge >= 0.3 is 0 Å². The van der Waals surface area contributed by atoms with Gasteiger partial charge in [0, 0.05) is 18.4 Å². The van der Waals surface area contributed by atoms with Crippen molar-refractivity contribution in [3.8, 4) is 5.69 Å². The molecule has 106 valence electrons. The molecule has 3 heteroatoms. The molecule has 20 heavy (non-hydrogen) atoms. The van der Waals surface area contributed by atoms with E-state index in [-0.39, 0.29) is 0 Å². The topological polar surface area (TPSA) is 29.9 Å². The number of anilines is 1. The van der Waals surface area contributed by atoms with Crippen LogP contribution in [0, 0.1) is 5.41 Å². The maximum atomic E-state index is 4.15. The Morgan fingerprint density at radius 3 is 2.85 bits per heavy atom. The summed E-state index contributed by atoms with van der Waals surface area (Å²) >= 11 is 0. The van der Waals surface area contributed by atoms with Crippen LogP contribution < -0.4 is 5.32 Å². The van der Waals surface area contributed by atoms with Gasteiger partial charge in [-0.25, -0.2) is 4.98 Å². The summed E-state index contributed by atoms with van der Waals surface area (Å²) in [5.74, 6) is 0. The third-order valence-corrected chi connectivity index (χ3v) is 4.52. The molecule has 1 N–H and O–H groups in total. The minimum absolute atomic E-state index is 0.361. The number of hydrogen-bond acceptors (Lipinski definition) is 2. The Balaban J connectivity index is 1.88. The molecule has 1 aromatic carbocycles. The Kier molecular flexibility index (Phi) is 3.51. The Hall–Kier alpha value is -1.77. The number of rotatable bonds is 3. The molecule has 1 aliphatic rings. The average Bonchev–Trinajstić information content (AvgIpc) is 2.95. The fraction of sp³-hybridized carbons (Fsp3) is 0.471. The lowest BCUT2D eigenvalue weighted by Gasteiger charge is -2.40. The van der Waals surface area contributed by atoms with Crippen LogP contribution in [0.3, 0.4) is 0 Å². The molecule has 3 nitrogen and oxygen atoms in total. The fourth-order valence-electron chi connectivity index (χ4n) is 3.17. The Morgan fingerprint density at radius 2 is 2.10 bits per heavy atom. The molecule has 1 fully saturated rings. The van der Waals surface area contributed by atoms with E-state index < -0.39 is 0 Å². The summed E-state index contributed by atoms with van der Waals surface area (Å²) in [5, 5.41) is 3.78. The predicted octanol–water partition coefficient (Wildman–Crippen LogP) is 4.25. The van der Waals surface area contributed by atoms with E-state index in [1.165, 1.54) is 37.1 Å². The molecule has 1 aliphatic carbocycles. The lowest BCUT2D eigenvalue weighted by atomic mass is 9.73. The molecule has 0 spiro atoms. The van der Waals surface area contributed by atoms with Gasteiger partial charge in [0.25, 0.3) is 0 Å². The SMILES string of the molecule is CC1(C)CCCCC1Nc1ccccc1-n1ccnc1. The minimum atomic E-state index is 0.361. The lowest BCUT2D eigenvalue weighted by Crippen LogP contribution is -2.39. The van der Waals surface area contributed by atoms with Gasteiger partial charge in [-0.1, -0.05) is 38.8 Å². The van der Waals surface area contributed by atoms with E-state index in [4.69, 9.17) is 0 Å². The smallest absolute Gasteiger partial charge is 0.0992 e. The summed E-state index contributed by atoms with van der Waals surface area (Å²) in [5.41, 5.74) is 2.73. The van der Waals surface area contributed by atoms with Gasteiger partial charge in [-0.2, -0.15) is 0 Å². The highest BCUT2D eigenvalue weighted by atomic mass is 15.1. The molecular formula is C17H23N3. The van der Waals surface area contributed by atoms with Crippen molar-refractivity contribution in [2.75, 3.05) is 5.32 Å². The van der Waals surface area contributed by atoms with Crippen LogP contribution in [0.5, 0.6) is 0 Å². The van der Waals surface area contributed by atoms with Crippen LogP contribution in [0.25, 0.3) is 5.69 Å². The number of hydrogen-bond donors (Lipinski definition) is 1. The molecule has 1 unspecified atom stereocenters. The molecule has 0 bridgehead atoms. The molecule has 1 saturated carbocycles. The normalized spacial score (nSPS) is 21.6. The van der Waals surface area contributed by atoms with Gasteiger partial charge in [-0.05, 0) is 30.4 Å². The third kappa shape index (κ3) is 2.58. The van der Waals surface area contributed by atoms with Crippen LogP contribution in [0.1, 0.15) is 39.5 Å². The Bertz CT molecular complexity index is 557. The van der Waals surface area contributed by atoms with Crippen molar-refractivity contribution in [2.24, 2.45) is 5.41 Å². The molecule has 0 saturated heterocycles. The van der Waals surface area contributed by atoms with Crippen LogP contribution in [-0.4, -0.2) is 15.6 Å². The summed E-state index contributed by atoms with van der Waals surface area (Å²) < 4.78 is 2.07. The predicted molar refractivity (Wildman–Crippen MR) is 83.2 cm³/mol. The van der Waals surface area contributed by atoms with Gasteiger partial charge in [0.2, 0.25) is 0 Å². The standard InChI is InChI=1S/C17H23N3/c1-17(2)10-6-5-9-16(17)19-14-7-3-4-8-15(14)20-12-11-18-13-20/h3-4,7-8,11-13,16,19H,5-6,9-10H2,1-2H3. The van der Waals surface area contributed by atoms with Crippen molar-refractivity contribution >= 4 is 5.69 Å². The zero-order valence-corrected chi connectivity index (χ0v) is 12.3. The Labute approximate surface area is 121 Å². The second-order valence-electron chi connectivity index (χ2n) is 6.42. The monoisotopic (exact) mass is 269 g/mol. The fourth-order valence-corrected chi connectivity index (χ4v) is 3.17. The van der Waals surface area contributed by atoms with Gasteiger partial charge < -0.3 is 9.88 Å². The van der Waals surface area contributed by atoms with Crippen molar-refractivity contribution in [3.05, 3.63) is 43.0 Å². The first kappa shape index (κ1) is 13.2. The summed E-state index contributed by atoms with van der Waals surface area (Å²) in [6.07, 6.45) is 10.9. The molecule has 0 amide bonds. The summed E-state index contributed by atoms with van der Waals surface area (Å²) in [6.45, 7) is 4.76. The third-order valence-electron chi connectivity index (χ3n) is 4.52. The molecule has 1 aromatic heterocycles. The second kappa shape index (κ2) is 5.31. The first-order valence-corrected chi connectivity index (χ1v) is 7.51. The van der Waals surface area contributed by atoms with Crippen molar-refractivity contribution in [2.45, 2.75) is 45.6 Å². The number of para-hydroxylation sites is 2. The maximum Gasteiger partial charge on any atom is 0.0992 e. The van der Waals surface area contributed by atoms with Crippen LogP contribution in [0.15, 0.2) is 43.0 Å². The molecule has 1 atom stereocenters. The molecule has 0 aliphatic heterocycles. The van der Waals surface area contributed by atoms with Crippen LogP contribution in [0.2, 0.25) is 0 Å². The van der Waals surface area contributed by atoms with Crippen LogP contribution in [0.4, 0.5) is 5.69 Å². The summed E-state index contributed by atoms with van der Waals surface area (Å²) in [7, 11) is 0. The van der Waals surface area contributed by atoms with E-state index in [1.54, 1.807) is 0 Å². The number of imidazole rings is 1. The quantitative estimate of drug-likeness (QED) is 0.902. The van der Waals surface area contributed by atoms with Crippen LogP contribution in [-0.2, 0) is 0 Å². The van der Waals surface area contributed by atoms with Gasteiger partial charge in [0.05, 0.1) is 17.7 Å². The highest BCUT2D eigenvalue weighted by Gasteiger charge is 2.32. The van der Waals surface area contributed by atoms with E-state index in [1.807, 2.05) is 18.7 Å². The molecule has 1 heterocycles. The highest BCUT2D eigenvalue weighted by Crippen LogP contribution is 2.38. The van der Waals surface area contributed by atoms with Crippen LogP contribution >= 0.6 is 0 Å². The van der Waals surface area contributed by atoms with Crippen molar-refractivity contribution in [1.82, 2.24) is 9.55 Å². The molecule has 0 radical (unpaired) electrons. The lowest BCUT2D eigenvalue weighted by molar-refractivity contribution is 0.217. The number of benzene rings is 1. The zero-order chi connectivity index (χ0) is 14.0. The minimum Gasteiger partial charge on any atom is -0.380 e. The second-order valence-corrected chi connectivity index (χ2v) is 6.42. The highest BCUT2D eigenvalue weighted by molar-refractivity contribution is 5.61. The van der Waals surface area contributed by atoms with E-state index in [0.717, 1.165) is 0 Å².